The Morgan fingerprint density at radius 3 is 2.61 bits per heavy atom. The summed E-state index contributed by atoms with van der Waals surface area (Å²) in [7, 11) is 0. The Morgan fingerprint density at radius 1 is 1.18 bits per heavy atom. The maximum absolute atomic E-state index is 13.0. The Morgan fingerprint density at radius 2 is 1.93 bits per heavy atom. The number of halogens is 3. The van der Waals surface area contributed by atoms with Crippen molar-refractivity contribution < 1.29 is 22.7 Å². The minimum atomic E-state index is -4.28. The average molecular weight is 392 g/mol. The first-order valence-corrected chi connectivity index (χ1v) is 9.24. The highest BCUT2D eigenvalue weighted by Crippen LogP contribution is 2.33. The molecule has 1 aliphatic rings. The van der Waals surface area contributed by atoms with Gasteiger partial charge in [0, 0.05) is 30.8 Å². The van der Waals surface area contributed by atoms with Gasteiger partial charge in [-0.15, -0.1) is 0 Å². The fraction of sp³-hybridized carbons (Fsp3) is 0.381. The van der Waals surface area contributed by atoms with Gasteiger partial charge in [0.05, 0.1) is 5.92 Å². The zero-order chi connectivity index (χ0) is 20.1. The molecular weight excluding hydrogens is 369 g/mol. The predicted octanol–water partition coefficient (Wildman–Crippen LogP) is 4.14. The molecule has 1 fully saturated rings. The van der Waals surface area contributed by atoms with Crippen molar-refractivity contribution in [3.63, 3.8) is 0 Å². The molecular formula is C21H23F3N2O2. The van der Waals surface area contributed by atoms with E-state index in [0.29, 0.717) is 36.4 Å². The number of hydrogen-bond acceptors (Lipinski definition) is 3. The third-order valence-electron chi connectivity index (χ3n) is 4.94. The molecule has 2 aromatic rings. The van der Waals surface area contributed by atoms with E-state index in [1.807, 2.05) is 30.3 Å². The number of hydrogen-bond donors (Lipinski definition) is 1. The molecule has 1 saturated heterocycles. The Balaban J connectivity index is 1.71. The van der Waals surface area contributed by atoms with Gasteiger partial charge in [-0.3, -0.25) is 4.79 Å². The highest BCUT2D eigenvalue weighted by molar-refractivity contribution is 5.94. The first-order chi connectivity index (χ1) is 13.4. The highest BCUT2D eigenvalue weighted by atomic mass is 19.4. The molecule has 0 aliphatic carbocycles. The minimum absolute atomic E-state index is 0.0631. The predicted molar refractivity (Wildman–Crippen MR) is 99.8 cm³/mol. The van der Waals surface area contributed by atoms with Gasteiger partial charge in [0.15, 0.2) is 0 Å². The van der Waals surface area contributed by atoms with Crippen LogP contribution in [0.25, 0.3) is 0 Å². The van der Waals surface area contributed by atoms with Crippen LogP contribution in [0.3, 0.4) is 0 Å². The third kappa shape index (κ3) is 4.84. The first-order valence-electron chi connectivity index (χ1n) is 9.24. The SMILES string of the molecule is NCc1cc(C(=O)N2CCCC(C(F)(F)F)C2)ccc1OCc1ccccc1. The summed E-state index contributed by atoms with van der Waals surface area (Å²) < 4.78 is 44.8. The molecule has 7 heteroatoms. The Hall–Kier alpha value is -2.54. The molecule has 150 valence electrons. The molecule has 0 spiro atoms. The lowest BCUT2D eigenvalue weighted by Crippen LogP contribution is -2.44. The highest BCUT2D eigenvalue weighted by Gasteiger charge is 2.42. The largest absolute Gasteiger partial charge is 0.489 e. The second-order valence-electron chi connectivity index (χ2n) is 6.93. The van der Waals surface area contributed by atoms with Crippen LogP contribution in [-0.2, 0) is 13.2 Å². The van der Waals surface area contributed by atoms with Gasteiger partial charge in [0.2, 0.25) is 0 Å². The molecule has 1 amide bonds. The van der Waals surface area contributed by atoms with E-state index in [0.717, 1.165) is 5.56 Å². The number of rotatable bonds is 5. The summed E-state index contributed by atoms with van der Waals surface area (Å²) in [6.07, 6.45) is -3.87. The molecule has 0 bridgehead atoms. The molecule has 2 N–H and O–H groups in total. The molecule has 0 aromatic heterocycles. The summed E-state index contributed by atoms with van der Waals surface area (Å²) in [5.41, 5.74) is 7.76. The van der Waals surface area contributed by atoms with Gasteiger partial charge in [-0.25, -0.2) is 0 Å². The molecule has 3 rings (SSSR count). The number of benzene rings is 2. The molecule has 1 atom stereocenters. The van der Waals surface area contributed by atoms with Crippen molar-refractivity contribution in [3.05, 3.63) is 65.2 Å². The lowest BCUT2D eigenvalue weighted by molar-refractivity contribution is -0.184. The maximum Gasteiger partial charge on any atom is 0.393 e. The molecule has 4 nitrogen and oxygen atoms in total. The van der Waals surface area contributed by atoms with Gasteiger partial charge in [0.25, 0.3) is 5.91 Å². The standard InChI is InChI=1S/C21H23F3N2O2/c22-21(23,24)18-7-4-10-26(13-18)20(27)16-8-9-19(17(11-16)12-25)28-14-15-5-2-1-3-6-15/h1-3,5-6,8-9,11,18H,4,7,10,12-14,25H2. The van der Waals surface area contributed by atoms with Crippen molar-refractivity contribution in [2.45, 2.75) is 32.2 Å². The van der Waals surface area contributed by atoms with Crippen LogP contribution in [0.2, 0.25) is 0 Å². The van der Waals surface area contributed by atoms with E-state index in [9.17, 15) is 18.0 Å². The van der Waals surface area contributed by atoms with E-state index >= 15 is 0 Å². The first kappa shape index (κ1) is 20.2. The van der Waals surface area contributed by atoms with Gasteiger partial charge < -0.3 is 15.4 Å². The van der Waals surface area contributed by atoms with Crippen molar-refractivity contribution in [1.29, 1.82) is 0 Å². The number of alkyl halides is 3. The van der Waals surface area contributed by atoms with Crippen LogP contribution in [0.15, 0.2) is 48.5 Å². The van der Waals surface area contributed by atoms with Crippen LogP contribution >= 0.6 is 0 Å². The summed E-state index contributed by atoms with van der Waals surface area (Å²) in [6.45, 7) is 0.555. The van der Waals surface area contributed by atoms with Crippen LogP contribution in [0.5, 0.6) is 5.75 Å². The van der Waals surface area contributed by atoms with E-state index in [-0.39, 0.29) is 19.5 Å². The zero-order valence-electron chi connectivity index (χ0n) is 15.4. The Kier molecular flexibility index (Phi) is 6.24. The fourth-order valence-electron chi connectivity index (χ4n) is 3.36. The quantitative estimate of drug-likeness (QED) is 0.832. The van der Waals surface area contributed by atoms with Gasteiger partial charge in [-0.05, 0) is 36.6 Å². The average Bonchev–Trinajstić information content (AvgIpc) is 2.72. The second kappa shape index (κ2) is 8.65. The smallest absolute Gasteiger partial charge is 0.393 e. The normalized spacial score (nSPS) is 17.4. The van der Waals surface area contributed by atoms with Crippen molar-refractivity contribution >= 4 is 5.91 Å². The number of ether oxygens (including phenoxy) is 1. The molecule has 0 radical (unpaired) electrons. The fourth-order valence-corrected chi connectivity index (χ4v) is 3.36. The summed E-state index contributed by atoms with van der Waals surface area (Å²) >= 11 is 0. The van der Waals surface area contributed by atoms with Gasteiger partial charge in [-0.2, -0.15) is 13.2 Å². The van der Waals surface area contributed by atoms with Crippen LogP contribution in [0.4, 0.5) is 13.2 Å². The number of likely N-dealkylation sites (tertiary alicyclic amines) is 1. The van der Waals surface area contributed by atoms with E-state index in [4.69, 9.17) is 10.5 Å². The summed E-state index contributed by atoms with van der Waals surface area (Å²) in [5.74, 6) is -1.30. The lowest BCUT2D eigenvalue weighted by Gasteiger charge is -2.33. The Labute approximate surface area is 162 Å². The Bertz CT molecular complexity index is 809. The maximum atomic E-state index is 13.0. The van der Waals surface area contributed by atoms with Crippen molar-refractivity contribution in [2.75, 3.05) is 13.1 Å². The van der Waals surface area contributed by atoms with Crippen molar-refractivity contribution in [2.24, 2.45) is 11.7 Å². The summed E-state index contributed by atoms with van der Waals surface area (Å²) in [5, 5.41) is 0. The number of amides is 1. The monoisotopic (exact) mass is 392 g/mol. The van der Waals surface area contributed by atoms with Crippen molar-refractivity contribution in [3.8, 4) is 5.75 Å². The molecule has 1 aliphatic heterocycles. The minimum Gasteiger partial charge on any atom is -0.489 e. The van der Waals surface area contributed by atoms with E-state index < -0.39 is 18.0 Å². The summed E-state index contributed by atoms with van der Waals surface area (Å²) in [4.78, 5) is 14.0. The van der Waals surface area contributed by atoms with Crippen LogP contribution < -0.4 is 10.5 Å². The number of nitrogens with two attached hydrogens (primary N) is 1. The molecule has 1 unspecified atom stereocenters. The van der Waals surface area contributed by atoms with Gasteiger partial charge in [-0.1, -0.05) is 30.3 Å². The van der Waals surface area contributed by atoms with Gasteiger partial charge >= 0.3 is 6.18 Å². The number of piperidine rings is 1. The van der Waals surface area contributed by atoms with Gasteiger partial charge in [0.1, 0.15) is 12.4 Å². The van der Waals surface area contributed by atoms with Crippen molar-refractivity contribution in [1.82, 2.24) is 4.90 Å². The second-order valence-corrected chi connectivity index (χ2v) is 6.93. The van der Waals surface area contributed by atoms with Crippen LogP contribution in [-0.4, -0.2) is 30.1 Å². The van der Waals surface area contributed by atoms with Crippen LogP contribution in [0, 0.1) is 5.92 Å². The molecule has 2 aromatic carbocycles. The lowest BCUT2D eigenvalue weighted by atomic mass is 9.96. The topological polar surface area (TPSA) is 55.6 Å². The number of nitrogens with zero attached hydrogens (tertiary/aromatic N) is 1. The van der Waals surface area contributed by atoms with Crippen LogP contribution in [0.1, 0.15) is 34.3 Å². The molecule has 0 saturated carbocycles. The molecule has 1 heterocycles. The summed E-state index contributed by atoms with van der Waals surface area (Å²) in [6, 6.07) is 14.5. The molecule has 28 heavy (non-hydrogen) atoms. The van der Waals surface area contributed by atoms with E-state index in [1.54, 1.807) is 18.2 Å². The zero-order valence-corrected chi connectivity index (χ0v) is 15.4. The third-order valence-corrected chi connectivity index (χ3v) is 4.94. The number of carbonyl (C=O) groups excluding carboxylic acids is 1. The van der Waals surface area contributed by atoms with E-state index in [2.05, 4.69) is 0 Å². The van der Waals surface area contributed by atoms with E-state index in [1.165, 1.54) is 4.90 Å². The number of carbonyl (C=O) groups is 1.